The summed E-state index contributed by atoms with van der Waals surface area (Å²) in [5.41, 5.74) is 0.519. The maximum Gasteiger partial charge on any atom is 0.217 e. The number of pyridine rings is 1. The van der Waals surface area contributed by atoms with Gasteiger partial charge in [0.15, 0.2) is 0 Å². The third kappa shape index (κ3) is 2.65. The van der Waals surface area contributed by atoms with Gasteiger partial charge in [0.1, 0.15) is 0 Å². The quantitative estimate of drug-likeness (QED) is 0.665. The molecule has 0 aliphatic heterocycles. The first-order chi connectivity index (χ1) is 5.68. The highest BCUT2D eigenvalue weighted by Gasteiger charge is 1.96. The van der Waals surface area contributed by atoms with E-state index in [1.54, 1.807) is 12.1 Å². The van der Waals surface area contributed by atoms with Crippen LogP contribution in [0.25, 0.3) is 0 Å². The predicted molar refractivity (Wildman–Crippen MR) is 41.7 cm³/mol. The first-order valence-electron chi connectivity index (χ1n) is 3.54. The van der Waals surface area contributed by atoms with Gasteiger partial charge < -0.3 is 5.32 Å². The monoisotopic (exact) mass is 168 g/mol. The second kappa shape index (κ2) is 3.80. The van der Waals surface area contributed by atoms with Crippen LogP contribution in [0.4, 0.5) is 4.39 Å². The Bertz CT molecular complexity index is 288. The van der Waals surface area contributed by atoms with E-state index in [1.807, 2.05) is 0 Å². The van der Waals surface area contributed by atoms with Crippen molar-refractivity contribution in [3.05, 3.63) is 29.8 Å². The van der Waals surface area contributed by atoms with Crippen molar-refractivity contribution in [3.8, 4) is 0 Å². The minimum atomic E-state index is -0.530. The third-order valence-electron chi connectivity index (χ3n) is 1.29. The first kappa shape index (κ1) is 8.64. The van der Waals surface area contributed by atoms with Gasteiger partial charge in [0.2, 0.25) is 11.9 Å². The van der Waals surface area contributed by atoms with E-state index in [1.165, 1.54) is 13.0 Å². The molecule has 1 rings (SSSR count). The molecule has 0 saturated heterocycles. The average Bonchev–Trinajstić information content (AvgIpc) is 2.01. The van der Waals surface area contributed by atoms with Gasteiger partial charge in [-0.05, 0) is 12.1 Å². The Morgan fingerprint density at radius 3 is 3.00 bits per heavy atom. The number of hydrogen-bond donors (Lipinski definition) is 1. The van der Waals surface area contributed by atoms with Gasteiger partial charge in [-0.1, -0.05) is 6.07 Å². The molecule has 3 nitrogen and oxygen atoms in total. The number of amides is 1. The fourth-order valence-corrected chi connectivity index (χ4v) is 0.764. The van der Waals surface area contributed by atoms with Crippen molar-refractivity contribution in [2.24, 2.45) is 0 Å². The summed E-state index contributed by atoms with van der Waals surface area (Å²) in [6, 6.07) is 4.47. The van der Waals surface area contributed by atoms with Gasteiger partial charge >= 0.3 is 0 Å². The summed E-state index contributed by atoms with van der Waals surface area (Å²) in [5, 5.41) is 2.52. The molecule has 1 heterocycles. The molecule has 0 fully saturated rings. The Hall–Kier alpha value is -1.45. The van der Waals surface area contributed by atoms with Crippen LogP contribution in [-0.4, -0.2) is 10.9 Å². The van der Waals surface area contributed by atoms with Gasteiger partial charge in [-0.3, -0.25) is 4.79 Å². The minimum Gasteiger partial charge on any atom is -0.351 e. The molecule has 0 bridgehead atoms. The van der Waals surface area contributed by atoms with Crippen LogP contribution in [-0.2, 0) is 11.3 Å². The second-order valence-electron chi connectivity index (χ2n) is 2.36. The van der Waals surface area contributed by atoms with Gasteiger partial charge in [-0.2, -0.15) is 4.39 Å². The van der Waals surface area contributed by atoms with E-state index < -0.39 is 5.95 Å². The lowest BCUT2D eigenvalue weighted by Gasteiger charge is -2.00. The summed E-state index contributed by atoms with van der Waals surface area (Å²) >= 11 is 0. The molecular formula is C8H9FN2O. The van der Waals surface area contributed by atoms with E-state index in [4.69, 9.17) is 0 Å². The Balaban J connectivity index is 2.57. The van der Waals surface area contributed by atoms with Crippen LogP contribution in [0.5, 0.6) is 0 Å². The van der Waals surface area contributed by atoms with E-state index in [-0.39, 0.29) is 12.5 Å². The Morgan fingerprint density at radius 1 is 1.67 bits per heavy atom. The van der Waals surface area contributed by atoms with E-state index >= 15 is 0 Å². The van der Waals surface area contributed by atoms with Crippen LogP contribution >= 0.6 is 0 Å². The van der Waals surface area contributed by atoms with Gasteiger partial charge in [-0.25, -0.2) is 4.98 Å². The molecule has 64 valence electrons. The molecule has 0 atom stereocenters. The minimum absolute atomic E-state index is 0.152. The van der Waals surface area contributed by atoms with Crippen molar-refractivity contribution in [1.82, 2.24) is 10.3 Å². The normalized spacial score (nSPS) is 9.50. The number of carbonyl (C=O) groups excluding carboxylic acids is 1. The molecule has 4 heteroatoms. The zero-order valence-electron chi connectivity index (χ0n) is 6.67. The Kier molecular flexibility index (Phi) is 2.74. The highest BCUT2D eigenvalue weighted by atomic mass is 19.1. The summed E-state index contributed by atoms with van der Waals surface area (Å²) in [7, 11) is 0. The van der Waals surface area contributed by atoms with Crippen LogP contribution in [0.1, 0.15) is 12.6 Å². The van der Waals surface area contributed by atoms with E-state index in [0.717, 1.165) is 0 Å². The number of hydrogen-bond acceptors (Lipinski definition) is 2. The van der Waals surface area contributed by atoms with Crippen molar-refractivity contribution < 1.29 is 9.18 Å². The molecule has 0 saturated carbocycles. The van der Waals surface area contributed by atoms with Crippen molar-refractivity contribution >= 4 is 5.91 Å². The number of carbonyl (C=O) groups is 1. The molecule has 0 aromatic carbocycles. The molecule has 0 aliphatic carbocycles. The van der Waals surface area contributed by atoms with Crippen LogP contribution in [0, 0.1) is 5.95 Å². The number of nitrogens with zero attached hydrogens (tertiary/aromatic N) is 1. The largest absolute Gasteiger partial charge is 0.351 e. The molecule has 0 unspecified atom stereocenters. The zero-order chi connectivity index (χ0) is 8.97. The van der Waals surface area contributed by atoms with Crippen LogP contribution in [0.15, 0.2) is 18.2 Å². The molecular weight excluding hydrogens is 159 g/mol. The SMILES string of the molecule is CC(=O)NCc1cccc(F)n1. The summed E-state index contributed by atoms with van der Waals surface area (Å²) in [5.74, 6) is -0.682. The summed E-state index contributed by atoms with van der Waals surface area (Å²) in [6.07, 6.45) is 0. The molecule has 0 radical (unpaired) electrons. The Labute approximate surface area is 69.6 Å². The van der Waals surface area contributed by atoms with Gasteiger partial charge in [0, 0.05) is 6.92 Å². The van der Waals surface area contributed by atoms with Gasteiger partial charge in [0.05, 0.1) is 12.2 Å². The Morgan fingerprint density at radius 2 is 2.42 bits per heavy atom. The van der Waals surface area contributed by atoms with Crippen LogP contribution in [0.2, 0.25) is 0 Å². The molecule has 1 aromatic rings. The number of halogens is 1. The van der Waals surface area contributed by atoms with E-state index in [9.17, 15) is 9.18 Å². The second-order valence-corrected chi connectivity index (χ2v) is 2.36. The van der Waals surface area contributed by atoms with E-state index in [2.05, 4.69) is 10.3 Å². The third-order valence-corrected chi connectivity index (χ3v) is 1.29. The van der Waals surface area contributed by atoms with Gasteiger partial charge in [-0.15, -0.1) is 0 Å². The highest BCUT2D eigenvalue weighted by Crippen LogP contribution is 1.96. The maximum atomic E-state index is 12.5. The van der Waals surface area contributed by atoms with Crippen molar-refractivity contribution in [1.29, 1.82) is 0 Å². The van der Waals surface area contributed by atoms with Crippen LogP contribution in [0.3, 0.4) is 0 Å². The fraction of sp³-hybridized carbons (Fsp3) is 0.250. The number of aromatic nitrogens is 1. The molecule has 1 N–H and O–H groups in total. The molecule has 0 aliphatic rings. The van der Waals surface area contributed by atoms with Crippen LogP contribution < -0.4 is 5.32 Å². The first-order valence-corrected chi connectivity index (χ1v) is 3.54. The number of nitrogens with one attached hydrogen (secondary N) is 1. The predicted octanol–water partition coefficient (Wildman–Crippen LogP) is 0.857. The molecule has 1 amide bonds. The lowest BCUT2D eigenvalue weighted by atomic mass is 10.3. The summed E-state index contributed by atoms with van der Waals surface area (Å²) in [4.78, 5) is 14.0. The van der Waals surface area contributed by atoms with Crippen molar-refractivity contribution in [2.75, 3.05) is 0 Å². The lowest BCUT2D eigenvalue weighted by Crippen LogP contribution is -2.19. The topological polar surface area (TPSA) is 42.0 Å². The lowest BCUT2D eigenvalue weighted by molar-refractivity contribution is -0.119. The fourth-order valence-electron chi connectivity index (χ4n) is 0.764. The van der Waals surface area contributed by atoms with Crippen molar-refractivity contribution in [2.45, 2.75) is 13.5 Å². The average molecular weight is 168 g/mol. The highest BCUT2D eigenvalue weighted by molar-refractivity contribution is 5.72. The molecule has 12 heavy (non-hydrogen) atoms. The number of rotatable bonds is 2. The maximum absolute atomic E-state index is 12.5. The van der Waals surface area contributed by atoms with Crippen molar-refractivity contribution in [3.63, 3.8) is 0 Å². The standard InChI is InChI=1S/C8H9FN2O/c1-6(12)10-5-7-3-2-4-8(9)11-7/h2-4H,5H2,1H3,(H,10,12). The molecule has 0 spiro atoms. The summed E-state index contributed by atoms with van der Waals surface area (Å²) in [6.45, 7) is 1.67. The zero-order valence-corrected chi connectivity index (χ0v) is 6.67. The van der Waals surface area contributed by atoms with E-state index in [0.29, 0.717) is 5.69 Å². The van der Waals surface area contributed by atoms with Gasteiger partial charge in [0.25, 0.3) is 0 Å². The smallest absolute Gasteiger partial charge is 0.217 e. The molecule has 1 aromatic heterocycles. The summed E-state index contributed by atoms with van der Waals surface area (Å²) < 4.78 is 12.5.